The van der Waals surface area contributed by atoms with Gasteiger partial charge in [0.1, 0.15) is 0 Å². The summed E-state index contributed by atoms with van der Waals surface area (Å²) in [5.41, 5.74) is 0. The van der Waals surface area contributed by atoms with E-state index in [1.807, 2.05) is 0 Å². The summed E-state index contributed by atoms with van der Waals surface area (Å²) >= 11 is 1.62. The first-order chi connectivity index (χ1) is 8.72. The van der Waals surface area contributed by atoms with Crippen LogP contribution >= 0.6 is 11.3 Å². The van der Waals surface area contributed by atoms with E-state index >= 15 is 0 Å². The third kappa shape index (κ3) is 2.84. The number of piperazine rings is 1. The molecule has 5 heteroatoms. The number of rotatable bonds is 4. The maximum atomic E-state index is 9.53. The second-order valence-corrected chi connectivity index (χ2v) is 6.49. The number of anilines is 1. The van der Waals surface area contributed by atoms with Crippen LogP contribution < -0.4 is 4.90 Å². The van der Waals surface area contributed by atoms with E-state index in [1.165, 1.54) is 19.4 Å². The van der Waals surface area contributed by atoms with E-state index in [0.29, 0.717) is 0 Å². The summed E-state index contributed by atoms with van der Waals surface area (Å²) in [6.07, 6.45) is 4.28. The minimum Gasteiger partial charge on any atom is -0.388 e. The average molecular weight is 267 g/mol. The van der Waals surface area contributed by atoms with Gasteiger partial charge in [-0.1, -0.05) is 11.3 Å². The molecule has 1 N–H and O–H groups in total. The molecule has 0 aromatic carbocycles. The zero-order valence-electron chi connectivity index (χ0n) is 10.9. The van der Waals surface area contributed by atoms with E-state index in [-0.39, 0.29) is 0 Å². The number of hydrogen-bond donors (Lipinski definition) is 1. The summed E-state index contributed by atoms with van der Waals surface area (Å²) in [7, 11) is 0. The molecular weight excluding hydrogens is 246 g/mol. The highest BCUT2D eigenvalue weighted by Gasteiger charge is 2.27. The second-order valence-electron chi connectivity index (χ2n) is 5.45. The highest BCUT2D eigenvalue weighted by molar-refractivity contribution is 7.15. The van der Waals surface area contributed by atoms with Crippen molar-refractivity contribution in [2.45, 2.75) is 25.9 Å². The molecule has 100 valence electrons. The minimum absolute atomic E-state index is 0.396. The largest absolute Gasteiger partial charge is 0.388 e. The van der Waals surface area contributed by atoms with Crippen LogP contribution in [-0.2, 0) is 0 Å². The van der Waals surface area contributed by atoms with Gasteiger partial charge in [0.25, 0.3) is 0 Å². The van der Waals surface area contributed by atoms with Crippen LogP contribution in [0.1, 0.15) is 30.7 Å². The molecule has 1 unspecified atom stereocenters. The lowest BCUT2D eigenvalue weighted by molar-refractivity contribution is 0.203. The molecule has 1 saturated carbocycles. The predicted octanol–water partition coefficient (Wildman–Crippen LogP) is 1.73. The van der Waals surface area contributed by atoms with Crippen LogP contribution in [0.15, 0.2) is 6.20 Å². The number of aliphatic hydroxyl groups is 1. The van der Waals surface area contributed by atoms with Gasteiger partial charge in [-0.15, -0.1) is 0 Å². The molecule has 0 radical (unpaired) electrons. The Kier molecular flexibility index (Phi) is 3.54. The van der Waals surface area contributed by atoms with Gasteiger partial charge in [0.05, 0.1) is 11.0 Å². The highest BCUT2D eigenvalue weighted by Crippen LogP contribution is 2.31. The minimum atomic E-state index is -0.396. The van der Waals surface area contributed by atoms with Crippen LogP contribution in [0.5, 0.6) is 0 Å². The summed E-state index contributed by atoms with van der Waals surface area (Å²) in [4.78, 5) is 10.3. The van der Waals surface area contributed by atoms with E-state index in [9.17, 15) is 5.11 Å². The third-order valence-electron chi connectivity index (χ3n) is 3.78. The van der Waals surface area contributed by atoms with Crippen LogP contribution in [0.2, 0.25) is 0 Å². The van der Waals surface area contributed by atoms with Gasteiger partial charge >= 0.3 is 0 Å². The predicted molar refractivity (Wildman–Crippen MR) is 74.1 cm³/mol. The third-order valence-corrected chi connectivity index (χ3v) is 5.01. The lowest BCUT2D eigenvalue weighted by atomic mass is 10.3. The molecule has 3 rings (SSSR count). The first-order valence-corrected chi connectivity index (χ1v) is 7.65. The molecule has 0 amide bonds. The second kappa shape index (κ2) is 5.15. The molecule has 2 aliphatic rings. The van der Waals surface area contributed by atoms with E-state index in [2.05, 4.69) is 14.8 Å². The van der Waals surface area contributed by atoms with Crippen LogP contribution in [0.4, 0.5) is 5.13 Å². The number of aromatic nitrogens is 1. The van der Waals surface area contributed by atoms with Gasteiger partial charge in [0, 0.05) is 38.9 Å². The highest BCUT2D eigenvalue weighted by atomic mass is 32.1. The van der Waals surface area contributed by atoms with Crippen molar-refractivity contribution in [1.29, 1.82) is 0 Å². The summed E-state index contributed by atoms with van der Waals surface area (Å²) in [6, 6.07) is 0. The summed E-state index contributed by atoms with van der Waals surface area (Å²) < 4.78 is 0. The molecule has 18 heavy (non-hydrogen) atoms. The summed E-state index contributed by atoms with van der Waals surface area (Å²) in [6.45, 7) is 7.54. The van der Waals surface area contributed by atoms with Crippen molar-refractivity contribution in [3.8, 4) is 0 Å². The van der Waals surface area contributed by atoms with Crippen molar-refractivity contribution in [1.82, 2.24) is 9.88 Å². The van der Waals surface area contributed by atoms with Crippen molar-refractivity contribution in [2.24, 2.45) is 5.92 Å². The molecule has 0 bridgehead atoms. The number of aliphatic hydroxyl groups excluding tert-OH is 1. The molecule has 1 aliphatic carbocycles. The Morgan fingerprint density at radius 1 is 1.39 bits per heavy atom. The van der Waals surface area contributed by atoms with Gasteiger partial charge in [-0.2, -0.15) is 0 Å². The van der Waals surface area contributed by atoms with Crippen LogP contribution in [-0.4, -0.2) is 47.7 Å². The first-order valence-electron chi connectivity index (χ1n) is 6.83. The smallest absolute Gasteiger partial charge is 0.185 e. The lowest BCUT2D eigenvalue weighted by Gasteiger charge is -2.34. The normalized spacial score (nSPS) is 23.3. The fourth-order valence-corrected chi connectivity index (χ4v) is 3.31. The van der Waals surface area contributed by atoms with Gasteiger partial charge in [0.2, 0.25) is 0 Å². The Balaban J connectivity index is 1.54. The molecule has 1 aromatic heterocycles. The monoisotopic (exact) mass is 267 g/mol. The molecule has 1 atom stereocenters. The standard InChI is InChI=1S/C13H21N3OS/c1-10(17)12-8-14-13(18-12)16-6-4-15(5-7-16)9-11-2-3-11/h8,10-11,17H,2-7,9H2,1H3. The number of hydrogen-bond acceptors (Lipinski definition) is 5. The Hall–Kier alpha value is -0.650. The van der Waals surface area contributed by atoms with Crippen molar-refractivity contribution in [2.75, 3.05) is 37.6 Å². The van der Waals surface area contributed by atoms with Gasteiger partial charge in [-0.3, -0.25) is 4.90 Å². The fraction of sp³-hybridized carbons (Fsp3) is 0.769. The van der Waals surface area contributed by atoms with Crippen molar-refractivity contribution < 1.29 is 5.11 Å². The van der Waals surface area contributed by atoms with Crippen molar-refractivity contribution >= 4 is 16.5 Å². The van der Waals surface area contributed by atoms with Crippen molar-refractivity contribution in [3.05, 3.63) is 11.1 Å². The molecule has 1 aliphatic heterocycles. The summed E-state index contributed by atoms with van der Waals surface area (Å²) in [5, 5.41) is 10.6. The van der Waals surface area contributed by atoms with Crippen LogP contribution in [0, 0.1) is 5.92 Å². The molecule has 2 fully saturated rings. The van der Waals surface area contributed by atoms with Gasteiger partial charge in [-0.05, 0) is 25.7 Å². The first kappa shape index (κ1) is 12.4. The Labute approximate surface area is 112 Å². The van der Waals surface area contributed by atoms with Gasteiger partial charge in [-0.25, -0.2) is 4.98 Å². The number of nitrogens with zero attached hydrogens (tertiary/aromatic N) is 3. The zero-order chi connectivity index (χ0) is 12.5. The van der Waals surface area contributed by atoms with E-state index < -0.39 is 6.10 Å². The molecule has 1 saturated heterocycles. The van der Waals surface area contributed by atoms with Gasteiger partial charge < -0.3 is 10.0 Å². The molecule has 2 heterocycles. The average Bonchev–Trinajstić information content (AvgIpc) is 3.04. The maximum Gasteiger partial charge on any atom is 0.185 e. The molecule has 1 aromatic rings. The maximum absolute atomic E-state index is 9.53. The van der Waals surface area contributed by atoms with Crippen LogP contribution in [0.3, 0.4) is 0 Å². The fourth-order valence-electron chi connectivity index (χ4n) is 2.40. The summed E-state index contributed by atoms with van der Waals surface area (Å²) in [5.74, 6) is 0.984. The molecular formula is C13H21N3OS. The quantitative estimate of drug-likeness (QED) is 0.902. The van der Waals surface area contributed by atoms with Crippen molar-refractivity contribution in [3.63, 3.8) is 0 Å². The Morgan fingerprint density at radius 2 is 2.11 bits per heavy atom. The topological polar surface area (TPSA) is 39.6 Å². The molecule has 0 spiro atoms. The van der Waals surface area contributed by atoms with E-state index in [4.69, 9.17) is 0 Å². The Bertz CT molecular complexity index is 395. The van der Waals surface area contributed by atoms with Crippen LogP contribution in [0.25, 0.3) is 0 Å². The Morgan fingerprint density at radius 3 is 2.67 bits per heavy atom. The zero-order valence-corrected chi connectivity index (χ0v) is 11.7. The van der Waals surface area contributed by atoms with E-state index in [1.54, 1.807) is 24.5 Å². The lowest BCUT2D eigenvalue weighted by Crippen LogP contribution is -2.46. The van der Waals surface area contributed by atoms with E-state index in [0.717, 1.165) is 42.1 Å². The van der Waals surface area contributed by atoms with Gasteiger partial charge in [0.15, 0.2) is 5.13 Å². The SMILES string of the molecule is CC(O)c1cnc(N2CCN(CC3CC3)CC2)s1. The molecule has 4 nitrogen and oxygen atoms in total. The number of thiazole rings is 1.